The van der Waals surface area contributed by atoms with Crippen molar-refractivity contribution >= 4 is 30.5 Å². The third-order valence-corrected chi connectivity index (χ3v) is 14.6. The predicted molar refractivity (Wildman–Crippen MR) is 127 cm³/mol. The summed E-state index contributed by atoms with van der Waals surface area (Å²) < 4.78 is 4.77. The van der Waals surface area contributed by atoms with Crippen molar-refractivity contribution in [3.8, 4) is 0 Å². The fourth-order valence-electron chi connectivity index (χ4n) is 4.07. The molecule has 0 heterocycles. The Bertz CT molecular complexity index is 711. The molecule has 28 heavy (non-hydrogen) atoms. The normalized spacial score (nSPS) is 11.1. The zero-order valence-corrected chi connectivity index (χ0v) is 21.0. The van der Waals surface area contributed by atoms with Crippen molar-refractivity contribution in [2.45, 2.75) is 59.3 Å². The Morgan fingerprint density at radius 3 is 0.893 bits per heavy atom. The first kappa shape index (κ1) is 21.2. The van der Waals surface area contributed by atoms with Crippen LogP contribution in [0.25, 0.3) is 0 Å². The SMILES string of the molecule is CCCc1cc[c]([SnH]([c]2ccc(CCC)cc2)[c]2ccc(CCC)cc2)cc1. The maximum atomic E-state index is 2.42. The molecule has 0 radical (unpaired) electrons. The minimum absolute atomic E-state index is 1.18. The maximum absolute atomic E-state index is 2.42. The molecule has 0 atom stereocenters. The van der Waals surface area contributed by atoms with Crippen LogP contribution in [-0.4, -0.2) is 19.8 Å². The van der Waals surface area contributed by atoms with Gasteiger partial charge in [0.25, 0.3) is 0 Å². The van der Waals surface area contributed by atoms with E-state index in [0.717, 1.165) is 0 Å². The van der Waals surface area contributed by atoms with Gasteiger partial charge in [0, 0.05) is 0 Å². The molecular formula is C27H34Sn. The molecule has 146 valence electrons. The Balaban J connectivity index is 1.97. The summed E-state index contributed by atoms with van der Waals surface area (Å²) in [6, 6.07) is 28.7. The summed E-state index contributed by atoms with van der Waals surface area (Å²) in [7, 11) is 0. The topological polar surface area (TPSA) is 0 Å². The summed E-state index contributed by atoms with van der Waals surface area (Å²) >= 11 is -2.31. The number of hydrogen-bond acceptors (Lipinski definition) is 0. The van der Waals surface area contributed by atoms with E-state index in [9.17, 15) is 0 Å². The fourth-order valence-corrected chi connectivity index (χ4v) is 12.3. The first-order chi connectivity index (χ1) is 13.7. The zero-order valence-electron chi connectivity index (χ0n) is 17.7. The Morgan fingerprint density at radius 1 is 0.429 bits per heavy atom. The van der Waals surface area contributed by atoms with E-state index in [1.807, 2.05) is 0 Å². The van der Waals surface area contributed by atoms with E-state index < -0.39 is 19.8 Å². The van der Waals surface area contributed by atoms with Gasteiger partial charge in [-0.15, -0.1) is 0 Å². The van der Waals surface area contributed by atoms with Gasteiger partial charge in [0.1, 0.15) is 0 Å². The van der Waals surface area contributed by atoms with Gasteiger partial charge in [-0.1, -0.05) is 0 Å². The van der Waals surface area contributed by atoms with E-state index in [2.05, 4.69) is 93.6 Å². The van der Waals surface area contributed by atoms with Crippen LogP contribution in [0.3, 0.4) is 0 Å². The molecular weight excluding hydrogens is 443 g/mol. The average Bonchev–Trinajstić information content (AvgIpc) is 2.73. The van der Waals surface area contributed by atoms with E-state index in [4.69, 9.17) is 0 Å². The summed E-state index contributed by atoms with van der Waals surface area (Å²) in [5.41, 5.74) is 4.40. The monoisotopic (exact) mass is 478 g/mol. The van der Waals surface area contributed by atoms with E-state index in [-0.39, 0.29) is 0 Å². The Morgan fingerprint density at radius 2 is 0.679 bits per heavy atom. The zero-order chi connectivity index (χ0) is 19.8. The standard InChI is InChI=1S/3C9H11.Sn.H/c3*1-2-6-9-7-4-3-5-8-9;;/h3*4-5,7-8H,2,6H2,1H3;;. The molecule has 0 aliphatic carbocycles. The molecule has 3 aromatic rings. The van der Waals surface area contributed by atoms with Gasteiger partial charge in [-0.05, 0) is 0 Å². The second kappa shape index (κ2) is 10.9. The van der Waals surface area contributed by atoms with Crippen LogP contribution in [-0.2, 0) is 19.3 Å². The third kappa shape index (κ3) is 5.50. The molecule has 0 N–H and O–H groups in total. The summed E-state index contributed by atoms with van der Waals surface area (Å²) in [6.45, 7) is 6.77. The molecule has 0 fully saturated rings. The molecule has 3 aromatic carbocycles. The molecule has 0 unspecified atom stereocenters. The summed E-state index contributed by atoms with van der Waals surface area (Å²) in [5, 5.41) is 0. The van der Waals surface area contributed by atoms with Gasteiger partial charge in [0.2, 0.25) is 0 Å². The molecule has 0 saturated heterocycles. The molecule has 0 aromatic heterocycles. The first-order valence-electron chi connectivity index (χ1n) is 11.0. The van der Waals surface area contributed by atoms with Crippen LogP contribution < -0.4 is 10.7 Å². The number of aryl methyl sites for hydroxylation is 3. The van der Waals surface area contributed by atoms with Gasteiger partial charge in [-0.2, -0.15) is 0 Å². The van der Waals surface area contributed by atoms with Crippen LogP contribution >= 0.6 is 0 Å². The molecule has 0 nitrogen and oxygen atoms in total. The molecule has 3 rings (SSSR count). The van der Waals surface area contributed by atoms with E-state index in [1.165, 1.54) is 55.2 Å². The van der Waals surface area contributed by atoms with Gasteiger partial charge in [0.15, 0.2) is 0 Å². The van der Waals surface area contributed by atoms with Gasteiger partial charge in [0.05, 0.1) is 0 Å². The van der Waals surface area contributed by atoms with Gasteiger partial charge < -0.3 is 0 Å². The Kier molecular flexibility index (Phi) is 8.21. The van der Waals surface area contributed by atoms with E-state index in [0.29, 0.717) is 0 Å². The van der Waals surface area contributed by atoms with E-state index >= 15 is 0 Å². The van der Waals surface area contributed by atoms with Crippen LogP contribution in [0.5, 0.6) is 0 Å². The summed E-state index contributed by atoms with van der Waals surface area (Å²) in [5.74, 6) is 0. The van der Waals surface area contributed by atoms with Gasteiger partial charge in [-0.3, -0.25) is 0 Å². The van der Waals surface area contributed by atoms with Crippen molar-refractivity contribution in [2.75, 3.05) is 0 Å². The van der Waals surface area contributed by atoms with Crippen molar-refractivity contribution in [3.63, 3.8) is 0 Å². The van der Waals surface area contributed by atoms with Crippen molar-refractivity contribution in [3.05, 3.63) is 89.5 Å². The molecule has 1 heteroatoms. The number of rotatable bonds is 9. The predicted octanol–water partition coefficient (Wildman–Crippen LogP) is 4.79. The number of benzene rings is 3. The molecule has 0 aliphatic heterocycles. The van der Waals surface area contributed by atoms with Gasteiger partial charge in [-0.25, -0.2) is 0 Å². The molecule has 0 aliphatic rings. The summed E-state index contributed by atoms with van der Waals surface area (Å²) in [6.07, 6.45) is 7.17. The molecule has 0 saturated carbocycles. The second-order valence-corrected chi connectivity index (χ2v) is 16.1. The Labute approximate surface area is 178 Å². The number of hydrogen-bond donors (Lipinski definition) is 0. The van der Waals surface area contributed by atoms with Crippen molar-refractivity contribution in [1.29, 1.82) is 0 Å². The first-order valence-corrected chi connectivity index (χ1v) is 16.0. The molecule has 0 spiro atoms. The fraction of sp³-hybridized carbons (Fsp3) is 0.333. The summed E-state index contributed by atoms with van der Waals surface area (Å²) in [4.78, 5) is 0. The van der Waals surface area contributed by atoms with Crippen LogP contribution in [0.1, 0.15) is 56.7 Å². The Hall–Kier alpha value is -1.54. The van der Waals surface area contributed by atoms with E-state index in [1.54, 1.807) is 10.7 Å². The third-order valence-electron chi connectivity index (χ3n) is 5.56. The molecule has 0 amide bonds. The molecule has 0 bridgehead atoms. The van der Waals surface area contributed by atoms with Crippen molar-refractivity contribution in [1.82, 2.24) is 0 Å². The van der Waals surface area contributed by atoms with Crippen molar-refractivity contribution in [2.24, 2.45) is 0 Å². The average molecular weight is 477 g/mol. The second-order valence-electron chi connectivity index (χ2n) is 7.91. The van der Waals surface area contributed by atoms with Crippen LogP contribution in [0, 0.1) is 0 Å². The quantitative estimate of drug-likeness (QED) is 0.389. The van der Waals surface area contributed by atoms with Crippen LogP contribution in [0.2, 0.25) is 0 Å². The van der Waals surface area contributed by atoms with Crippen LogP contribution in [0.15, 0.2) is 72.8 Å². The van der Waals surface area contributed by atoms with Crippen LogP contribution in [0.4, 0.5) is 0 Å². The van der Waals surface area contributed by atoms with Gasteiger partial charge >= 0.3 is 179 Å². The van der Waals surface area contributed by atoms with Crippen molar-refractivity contribution < 1.29 is 0 Å². The minimum atomic E-state index is -2.31.